The maximum Gasteiger partial charge on any atom is 0.329 e. The molecule has 0 atom stereocenters. The van der Waals surface area contributed by atoms with Gasteiger partial charge in [0, 0.05) is 27.0 Å². The third-order valence-corrected chi connectivity index (χ3v) is 4.55. The first-order chi connectivity index (χ1) is 15.9. The van der Waals surface area contributed by atoms with Gasteiger partial charge in [-0.2, -0.15) is 5.10 Å². The lowest BCUT2D eigenvalue weighted by atomic mass is 10.2. The van der Waals surface area contributed by atoms with Crippen LogP contribution in [-0.4, -0.2) is 30.5 Å². The Morgan fingerprint density at radius 1 is 0.818 bits per heavy atom. The molecule has 3 N–H and O–H groups in total. The second-order valence-electron chi connectivity index (χ2n) is 6.55. The van der Waals surface area contributed by atoms with Gasteiger partial charge >= 0.3 is 11.8 Å². The van der Waals surface area contributed by atoms with E-state index in [4.69, 9.17) is 27.9 Å². The maximum atomic E-state index is 12.1. The first kappa shape index (κ1) is 23.8. The highest BCUT2D eigenvalue weighted by atomic mass is 35.5. The van der Waals surface area contributed by atoms with Gasteiger partial charge in [0.25, 0.3) is 5.91 Å². The monoisotopic (exact) mass is 484 g/mol. The number of amides is 3. The quantitative estimate of drug-likeness (QED) is 0.266. The highest BCUT2D eigenvalue weighted by Gasteiger charge is 2.13. The van der Waals surface area contributed by atoms with E-state index in [9.17, 15) is 14.4 Å². The molecule has 3 aromatic rings. The molecular weight excluding hydrogens is 467 g/mol. The number of carbonyl (C=O) groups excluding carboxylic acids is 3. The molecular formula is C23H18Cl2N4O4. The van der Waals surface area contributed by atoms with Gasteiger partial charge in [0.2, 0.25) is 0 Å². The summed E-state index contributed by atoms with van der Waals surface area (Å²) < 4.78 is 5.56. The Morgan fingerprint density at radius 3 is 2.33 bits per heavy atom. The van der Waals surface area contributed by atoms with Crippen molar-refractivity contribution in [3.63, 3.8) is 0 Å². The second kappa shape index (κ2) is 11.7. The molecule has 0 bridgehead atoms. The van der Waals surface area contributed by atoms with Gasteiger partial charge in [0.1, 0.15) is 5.75 Å². The lowest BCUT2D eigenvalue weighted by Crippen LogP contribution is -2.32. The average Bonchev–Trinajstić information content (AvgIpc) is 2.80. The van der Waals surface area contributed by atoms with E-state index in [1.165, 1.54) is 12.3 Å². The van der Waals surface area contributed by atoms with Crippen molar-refractivity contribution in [3.8, 4) is 5.75 Å². The van der Waals surface area contributed by atoms with Gasteiger partial charge in [0.05, 0.1) is 6.21 Å². The first-order valence-corrected chi connectivity index (χ1v) is 10.3. The number of hydrazone groups is 1. The number of rotatable bonds is 7. The lowest BCUT2D eigenvalue weighted by molar-refractivity contribution is -0.136. The number of nitrogens with zero attached hydrogens (tertiary/aromatic N) is 1. The molecule has 3 rings (SSSR count). The van der Waals surface area contributed by atoms with E-state index in [2.05, 4.69) is 21.2 Å². The smallest absolute Gasteiger partial charge is 0.329 e. The van der Waals surface area contributed by atoms with Gasteiger partial charge in [-0.15, -0.1) is 0 Å². The van der Waals surface area contributed by atoms with Crippen LogP contribution < -0.4 is 20.8 Å². The summed E-state index contributed by atoms with van der Waals surface area (Å²) >= 11 is 11.7. The van der Waals surface area contributed by atoms with Crippen LogP contribution in [0.5, 0.6) is 5.75 Å². The van der Waals surface area contributed by atoms with E-state index < -0.39 is 11.8 Å². The van der Waals surface area contributed by atoms with E-state index in [-0.39, 0.29) is 12.5 Å². The number of ether oxygens (including phenoxy) is 1. The Morgan fingerprint density at radius 2 is 1.58 bits per heavy atom. The summed E-state index contributed by atoms with van der Waals surface area (Å²) in [4.78, 5) is 36.0. The van der Waals surface area contributed by atoms with Crippen molar-refractivity contribution in [1.29, 1.82) is 0 Å². The van der Waals surface area contributed by atoms with Crippen LogP contribution in [0.2, 0.25) is 10.0 Å². The number of benzene rings is 3. The number of hydrogen-bond donors (Lipinski definition) is 3. The highest BCUT2D eigenvalue weighted by molar-refractivity contribution is 6.39. The second-order valence-corrected chi connectivity index (χ2v) is 7.42. The predicted molar refractivity (Wildman–Crippen MR) is 128 cm³/mol. The number of anilines is 2. The van der Waals surface area contributed by atoms with Crippen LogP contribution in [0.3, 0.4) is 0 Å². The van der Waals surface area contributed by atoms with Crippen LogP contribution in [0, 0.1) is 0 Å². The zero-order valence-corrected chi connectivity index (χ0v) is 18.6. The van der Waals surface area contributed by atoms with Gasteiger partial charge in [0.15, 0.2) is 6.61 Å². The predicted octanol–water partition coefficient (Wildman–Crippen LogP) is 4.10. The highest BCUT2D eigenvalue weighted by Crippen LogP contribution is 2.17. The van der Waals surface area contributed by atoms with Crippen LogP contribution in [0.25, 0.3) is 0 Å². The zero-order chi connectivity index (χ0) is 23.6. The number of hydrogen-bond acceptors (Lipinski definition) is 5. The van der Waals surface area contributed by atoms with Gasteiger partial charge in [-0.25, -0.2) is 5.43 Å². The molecule has 8 nitrogen and oxygen atoms in total. The molecule has 168 valence electrons. The summed E-state index contributed by atoms with van der Waals surface area (Å²) in [5.41, 5.74) is 3.59. The van der Waals surface area contributed by atoms with Crippen LogP contribution in [-0.2, 0) is 14.4 Å². The van der Waals surface area contributed by atoms with Crippen molar-refractivity contribution in [2.45, 2.75) is 0 Å². The van der Waals surface area contributed by atoms with Gasteiger partial charge < -0.3 is 15.4 Å². The molecule has 0 fully saturated rings. The molecule has 0 radical (unpaired) electrons. The van der Waals surface area contributed by atoms with Crippen LogP contribution >= 0.6 is 23.2 Å². The van der Waals surface area contributed by atoms with Crippen molar-refractivity contribution in [2.75, 3.05) is 17.2 Å². The molecule has 0 aliphatic carbocycles. The normalized spacial score (nSPS) is 10.5. The Balaban J connectivity index is 1.52. The van der Waals surface area contributed by atoms with E-state index in [1.54, 1.807) is 66.7 Å². The molecule has 0 saturated heterocycles. The third kappa shape index (κ3) is 7.64. The zero-order valence-electron chi connectivity index (χ0n) is 17.0. The summed E-state index contributed by atoms with van der Waals surface area (Å²) in [5, 5.41) is 9.86. The lowest BCUT2D eigenvalue weighted by Gasteiger charge is -2.09. The van der Waals surface area contributed by atoms with Gasteiger partial charge in [-0.3, -0.25) is 14.4 Å². The van der Waals surface area contributed by atoms with E-state index in [1.807, 2.05) is 0 Å². The van der Waals surface area contributed by atoms with Crippen molar-refractivity contribution in [1.82, 2.24) is 5.43 Å². The molecule has 0 saturated carbocycles. The number of halogens is 2. The van der Waals surface area contributed by atoms with Crippen molar-refractivity contribution >= 4 is 58.5 Å². The van der Waals surface area contributed by atoms with Crippen molar-refractivity contribution in [2.24, 2.45) is 5.10 Å². The minimum absolute atomic E-state index is 0.248. The summed E-state index contributed by atoms with van der Waals surface area (Å²) in [6.45, 7) is -0.248. The fourth-order valence-electron chi connectivity index (χ4n) is 2.56. The molecule has 3 aromatic carbocycles. The summed E-state index contributed by atoms with van der Waals surface area (Å²) in [5.74, 6) is -1.87. The molecule has 0 aromatic heterocycles. The molecule has 0 aliphatic rings. The SMILES string of the molecule is O=C(COc1ccccc1/C=N\NC(=O)C(=O)Nc1cccc(Cl)c1)Nc1ccc(Cl)cc1. The summed E-state index contributed by atoms with van der Waals surface area (Å²) in [6.07, 6.45) is 1.30. The molecule has 3 amide bonds. The minimum atomic E-state index is -0.966. The van der Waals surface area contributed by atoms with Crippen molar-refractivity contribution in [3.05, 3.63) is 88.4 Å². The fourth-order valence-corrected chi connectivity index (χ4v) is 2.87. The number of nitrogens with one attached hydrogen (secondary N) is 3. The van der Waals surface area contributed by atoms with Gasteiger partial charge in [-0.1, -0.05) is 41.4 Å². The Bertz CT molecular complexity index is 1180. The first-order valence-electron chi connectivity index (χ1n) is 9.58. The Labute approximate surface area is 199 Å². The Hall–Kier alpha value is -3.88. The van der Waals surface area contributed by atoms with Crippen molar-refractivity contribution < 1.29 is 19.1 Å². The summed E-state index contributed by atoms with van der Waals surface area (Å²) in [7, 11) is 0. The third-order valence-electron chi connectivity index (χ3n) is 4.06. The van der Waals surface area contributed by atoms with Crippen LogP contribution in [0.15, 0.2) is 77.9 Å². The largest absolute Gasteiger partial charge is 0.483 e. The Kier molecular flexibility index (Phi) is 8.40. The van der Waals surface area contributed by atoms with E-state index in [0.717, 1.165) is 0 Å². The topological polar surface area (TPSA) is 109 Å². The van der Waals surface area contributed by atoms with E-state index >= 15 is 0 Å². The molecule has 0 spiro atoms. The number of para-hydroxylation sites is 1. The van der Waals surface area contributed by atoms with Crippen LogP contribution in [0.4, 0.5) is 11.4 Å². The average molecular weight is 485 g/mol. The molecule has 10 heteroatoms. The number of carbonyl (C=O) groups is 3. The summed E-state index contributed by atoms with van der Waals surface area (Å²) in [6, 6.07) is 19.8. The van der Waals surface area contributed by atoms with Gasteiger partial charge in [-0.05, 0) is 54.6 Å². The molecule has 33 heavy (non-hydrogen) atoms. The molecule has 0 unspecified atom stereocenters. The molecule has 0 heterocycles. The van der Waals surface area contributed by atoms with E-state index in [0.29, 0.717) is 32.7 Å². The van der Waals surface area contributed by atoms with Crippen LogP contribution in [0.1, 0.15) is 5.56 Å². The maximum absolute atomic E-state index is 12.1. The minimum Gasteiger partial charge on any atom is -0.483 e. The molecule has 0 aliphatic heterocycles. The fraction of sp³-hybridized carbons (Fsp3) is 0.0435. The standard InChI is InChI=1S/C23H18Cl2N4O4/c24-16-8-10-18(11-9-16)27-21(30)14-33-20-7-2-1-4-15(20)13-26-29-23(32)22(31)28-19-6-3-5-17(25)12-19/h1-13H,14H2,(H,27,30)(H,28,31)(H,29,32)/b26-13-.